The normalized spacial score (nSPS) is 15.5. The van der Waals surface area contributed by atoms with Gasteiger partial charge in [0.25, 0.3) is 6.43 Å². The molecule has 0 aromatic heterocycles. The number of alkyl halides is 6. The van der Waals surface area contributed by atoms with Crippen molar-refractivity contribution in [3.8, 4) is 0 Å². The second-order valence-corrected chi connectivity index (χ2v) is 2.19. The molecule has 80 valence electrons. The molecule has 0 aromatic carbocycles. The maximum Gasteiger partial charge on any atom is 0.338 e. The fourth-order valence-electron chi connectivity index (χ4n) is 0.656. The first-order chi connectivity index (χ1) is 5.84. The predicted molar refractivity (Wildman–Crippen MR) is 32.4 cm³/mol. The molecule has 0 aliphatic carbocycles. The third-order valence-corrected chi connectivity index (χ3v) is 1.25. The Morgan fingerprint density at radius 2 is 1.62 bits per heavy atom. The van der Waals surface area contributed by atoms with E-state index in [1.54, 1.807) is 0 Å². The molecule has 0 N–H and O–H groups in total. The van der Waals surface area contributed by atoms with Crippen molar-refractivity contribution < 1.29 is 31.1 Å². The molecule has 0 saturated carbocycles. The summed E-state index contributed by atoms with van der Waals surface area (Å²) in [6, 6.07) is 0. The molecule has 0 rings (SSSR count). The van der Waals surface area contributed by atoms with Crippen LogP contribution in [0.3, 0.4) is 0 Å². The van der Waals surface area contributed by atoms with Crippen LogP contribution in [0.15, 0.2) is 0 Å². The molecule has 1 unspecified atom stereocenters. The highest BCUT2D eigenvalue weighted by molar-refractivity contribution is 4.82. The largest absolute Gasteiger partial charge is 0.366 e. The van der Waals surface area contributed by atoms with Gasteiger partial charge in [-0.15, -0.1) is 0 Å². The van der Waals surface area contributed by atoms with Gasteiger partial charge >= 0.3 is 12.3 Å². The van der Waals surface area contributed by atoms with Crippen LogP contribution in [-0.4, -0.2) is 31.5 Å². The van der Waals surface area contributed by atoms with Crippen molar-refractivity contribution >= 4 is 0 Å². The average molecular weight is 210 g/mol. The van der Waals surface area contributed by atoms with E-state index in [1.807, 2.05) is 0 Å². The maximum absolute atomic E-state index is 12.3. The van der Waals surface area contributed by atoms with E-state index in [0.717, 1.165) is 6.92 Å². The number of halogens is 6. The van der Waals surface area contributed by atoms with Gasteiger partial charge in [0.15, 0.2) is 6.10 Å². The summed E-state index contributed by atoms with van der Waals surface area (Å²) in [5.41, 5.74) is 0. The van der Waals surface area contributed by atoms with Crippen LogP contribution in [0, 0.1) is 0 Å². The number of hydrogen-bond donors (Lipinski definition) is 0. The quantitative estimate of drug-likeness (QED) is 0.633. The Labute approximate surface area is 70.7 Å². The lowest BCUT2D eigenvalue weighted by Gasteiger charge is -2.24. The van der Waals surface area contributed by atoms with Gasteiger partial charge in [-0.05, 0) is 6.92 Å². The summed E-state index contributed by atoms with van der Waals surface area (Å²) in [5, 5.41) is 0. The van der Waals surface area contributed by atoms with E-state index in [1.165, 1.54) is 0 Å². The minimum absolute atomic E-state index is 0.475. The number of rotatable bonds is 5. The van der Waals surface area contributed by atoms with Gasteiger partial charge in [0.05, 0.1) is 0 Å². The maximum atomic E-state index is 12.3. The van der Waals surface area contributed by atoms with Crippen molar-refractivity contribution in [3.63, 3.8) is 0 Å². The third-order valence-electron chi connectivity index (χ3n) is 1.25. The van der Waals surface area contributed by atoms with Gasteiger partial charge in [-0.25, -0.2) is 17.6 Å². The highest BCUT2D eigenvalue weighted by Crippen LogP contribution is 2.32. The molecule has 0 bridgehead atoms. The Bertz CT molecular complexity index is 148. The first kappa shape index (κ1) is 12.5. The van der Waals surface area contributed by atoms with Crippen LogP contribution in [-0.2, 0) is 4.74 Å². The molecule has 7 heteroatoms. The Balaban J connectivity index is 4.51. The Kier molecular flexibility index (Phi) is 4.52. The van der Waals surface area contributed by atoms with Gasteiger partial charge in [-0.1, -0.05) is 0 Å². The SMILES string of the molecule is CCOC(C(F)F)C(F)(F)C(F)F. The van der Waals surface area contributed by atoms with E-state index >= 15 is 0 Å². The van der Waals surface area contributed by atoms with Gasteiger partial charge in [0.1, 0.15) is 0 Å². The first-order valence-electron chi connectivity index (χ1n) is 3.39. The topological polar surface area (TPSA) is 9.23 Å². The van der Waals surface area contributed by atoms with Crippen LogP contribution in [0.4, 0.5) is 26.3 Å². The second-order valence-electron chi connectivity index (χ2n) is 2.19. The summed E-state index contributed by atoms with van der Waals surface area (Å²) < 4.78 is 75.2. The molecule has 0 amide bonds. The van der Waals surface area contributed by atoms with E-state index in [9.17, 15) is 26.3 Å². The molecular weight excluding hydrogens is 202 g/mol. The van der Waals surface area contributed by atoms with Gasteiger partial charge in [0, 0.05) is 6.61 Å². The zero-order chi connectivity index (χ0) is 10.6. The summed E-state index contributed by atoms with van der Waals surface area (Å²) >= 11 is 0. The molecule has 1 atom stereocenters. The van der Waals surface area contributed by atoms with Crippen LogP contribution in [0.1, 0.15) is 6.92 Å². The standard InChI is InChI=1S/C6H8F6O/c1-2-13-3(4(7)8)6(11,12)5(9)10/h3-5H,2H2,1H3. The third kappa shape index (κ3) is 3.06. The second kappa shape index (κ2) is 4.69. The van der Waals surface area contributed by atoms with Crippen molar-refractivity contribution in [3.05, 3.63) is 0 Å². The molecule has 0 fully saturated rings. The van der Waals surface area contributed by atoms with Crippen LogP contribution in [0.5, 0.6) is 0 Å². The molecule has 0 aliphatic heterocycles. The zero-order valence-electron chi connectivity index (χ0n) is 6.62. The van der Waals surface area contributed by atoms with E-state index in [4.69, 9.17) is 0 Å². The van der Waals surface area contributed by atoms with Crippen LogP contribution >= 0.6 is 0 Å². The first-order valence-corrected chi connectivity index (χ1v) is 3.39. The Hall–Kier alpha value is -0.460. The molecule has 13 heavy (non-hydrogen) atoms. The van der Waals surface area contributed by atoms with Crippen molar-refractivity contribution in [2.24, 2.45) is 0 Å². The lowest BCUT2D eigenvalue weighted by molar-refractivity contribution is -0.237. The molecule has 0 spiro atoms. The van der Waals surface area contributed by atoms with Gasteiger partial charge in [-0.2, -0.15) is 8.78 Å². The van der Waals surface area contributed by atoms with Gasteiger partial charge in [-0.3, -0.25) is 0 Å². The molecule has 0 heterocycles. The van der Waals surface area contributed by atoms with E-state index < -0.39 is 31.5 Å². The summed E-state index contributed by atoms with van der Waals surface area (Å²) in [5.74, 6) is -4.82. The number of ether oxygens (including phenoxy) is 1. The van der Waals surface area contributed by atoms with Crippen LogP contribution in [0.25, 0.3) is 0 Å². The molecule has 0 radical (unpaired) electrons. The minimum atomic E-state index is -4.82. The smallest absolute Gasteiger partial charge is 0.338 e. The Morgan fingerprint density at radius 3 is 1.85 bits per heavy atom. The fourth-order valence-corrected chi connectivity index (χ4v) is 0.656. The van der Waals surface area contributed by atoms with E-state index in [-0.39, 0.29) is 0 Å². The van der Waals surface area contributed by atoms with Crippen LogP contribution in [0.2, 0.25) is 0 Å². The summed E-state index contributed by atoms with van der Waals surface area (Å²) in [4.78, 5) is 0. The van der Waals surface area contributed by atoms with Gasteiger partial charge in [0.2, 0.25) is 0 Å². The monoisotopic (exact) mass is 210 g/mol. The van der Waals surface area contributed by atoms with Gasteiger partial charge < -0.3 is 4.74 Å². The van der Waals surface area contributed by atoms with Crippen LogP contribution < -0.4 is 0 Å². The highest BCUT2D eigenvalue weighted by Gasteiger charge is 2.53. The minimum Gasteiger partial charge on any atom is -0.366 e. The Morgan fingerprint density at radius 1 is 1.15 bits per heavy atom. The lowest BCUT2D eigenvalue weighted by atomic mass is 10.2. The molecular formula is C6H8F6O. The average Bonchev–Trinajstić information content (AvgIpc) is 1.98. The summed E-state index contributed by atoms with van der Waals surface area (Å²) in [6.45, 7) is 0.689. The van der Waals surface area contributed by atoms with Crippen molar-refractivity contribution in [1.82, 2.24) is 0 Å². The summed E-state index contributed by atoms with van der Waals surface area (Å²) in [6.07, 6.45) is -10.8. The van der Waals surface area contributed by atoms with E-state index in [2.05, 4.69) is 4.74 Å². The number of hydrogen-bond acceptors (Lipinski definition) is 1. The fraction of sp³-hybridized carbons (Fsp3) is 1.00. The molecule has 0 saturated heterocycles. The zero-order valence-corrected chi connectivity index (χ0v) is 6.62. The van der Waals surface area contributed by atoms with E-state index in [0.29, 0.717) is 0 Å². The summed E-state index contributed by atoms with van der Waals surface area (Å²) in [7, 11) is 0. The molecule has 1 nitrogen and oxygen atoms in total. The molecule has 0 aromatic rings. The molecule has 0 aliphatic rings. The van der Waals surface area contributed by atoms with Crippen molar-refractivity contribution in [1.29, 1.82) is 0 Å². The van der Waals surface area contributed by atoms with Crippen molar-refractivity contribution in [2.75, 3.05) is 6.61 Å². The predicted octanol–water partition coefficient (Wildman–Crippen LogP) is 2.56. The highest BCUT2D eigenvalue weighted by atomic mass is 19.3. The lowest BCUT2D eigenvalue weighted by Crippen LogP contribution is -2.46. The van der Waals surface area contributed by atoms with Crippen molar-refractivity contribution in [2.45, 2.75) is 31.8 Å².